The zero-order valence-corrected chi connectivity index (χ0v) is 17.6. The van der Waals surface area contributed by atoms with Crippen molar-refractivity contribution in [3.05, 3.63) is 59.5 Å². The molecular formula is C22H23N9O. The van der Waals surface area contributed by atoms with Gasteiger partial charge in [-0.25, -0.2) is 9.97 Å². The highest BCUT2D eigenvalue weighted by Crippen LogP contribution is 2.58. The smallest absolute Gasteiger partial charge is 0.318 e. The first-order valence-corrected chi connectivity index (χ1v) is 10.8. The molecule has 2 aliphatic rings. The Morgan fingerprint density at radius 1 is 1.12 bits per heavy atom. The van der Waals surface area contributed by atoms with Gasteiger partial charge >= 0.3 is 6.01 Å². The predicted molar refractivity (Wildman–Crippen MR) is 117 cm³/mol. The summed E-state index contributed by atoms with van der Waals surface area (Å²) in [5, 5.41) is 22.6. The van der Waals surface area contributed by atoms with Gasteiger partial charge in [0.25, 0.3) is 5.89 Å². The SMILES string of the molecule is Cc1ccc(CCNc2nccc(-c3nnc(N4CC5C(C4)C5c4cn[nH]n4)o3)n2)cc1. The number of aromatic nitrogens is 7. The highest BCUT2D eigenvalue weighted by atomic mass is 16.4. The molecule has 6 rings (SSSR count). The van der Waals surface area contributed by atoms with E-state index in [0.717, 1.165) is 31.7 Å². The maximum atomic E-state index is 5.94. The third kappa shape index (κ3) is 3.57. The summed E-state index contributed by atoms with van der Waals surface area (Å²) in [5.74, 6) is 2.57. The quantitative estimate of drug-likeness (QED) is 0.456. The lowest BCUT2D eigenvalue weighted by atomic mass is 10.1. The molecule has 1 saturated heterocycles. The van der Waals surface area contributed by atoms with Crippen LogP contribution in [0.5, 0.6) is 0 Å². The number of piperidine rings is 1. The van der Waals surface area contributed by atoms with Crippen LogP contribution >= 0.6 is 0 Å². The number of aryl methyl sites for hydroxylation is 1. The van der Waals surface area contributed by atoms with Crippen LogP contribution < -0.4 is 10.2 Å². The Hall–Kier alpha value is -3.82. The van der Waals surface area contributed by atoms with E-state index in [2.05, 4.69) is 77.0 Å². The molecule has 162 valence electrons. The Morgan fingerprint density at radius 3 is 2.75 bits per heavy atom. The second kappa shape index (κ2) is 7.70. The van der Waals surface area contributed by atoms with Crippen LogP contribution in [-0.4, -0.2) is 55.2 Å². The molecule has 1 aliphatic heterocycles. The Bertz CT molecular complexity index is 1190. The zero-order chi connectivity index (χ0) is 21.5. The molecule has 2 N–H and O–H groups in total. The van der Waals surface area contributed by atoms with E-state index in [4.69, 9.17) is 4.42 Å². The van der Waals surface area contributed by atoms with Crippen LogP contribution in [0, 0.1) is 18.8 Å². The number of benzene rings is 1. The zero-order valence-electron chi connectivity index (χ0n) is 17.6. The molecule has 1 aliphatic carbocycles. The van der Waals surface area contributed by atoms with Crippen molar-refractivity contribution in [1.29, 1.82) is 0 Å². The molecule has 32 heavy (non-hydrogen) atoms. The first-order chi connectivity index (χ1) is 15.7. The van der Waals surface area contributed by atoms with Gasteiger partial charge in [0, 0.05) is 31.7 Å². The number of H-pyrrole nitrogens is 1. The molecule has 10 heteroatoms. The van der Waals surface area contributed by atoms with Crippen LogP contribution in [0.4, 0.5) is 12.0 Å². The number of nitrogens with zero attached hydrogens (tertiary/aromatic N) is 7. The second-order valence-electron chi connectivity index (χ2n) is 8.47. The first kappa shape index (κ1) is 18.9. The molecule has 0 radical (unpaired) electrons. The maximum absolute atomic E-state index is 5.94. The van der Waals surface area contributed by atoms with E-state index in [1.54, 1.807) is 12.3 Å². The van der Waals surface area contributed by atoms with Crippen molar-refractivity contribution in [1.82, 2.24) is 35.6 Å². The highest BCUT2D eigenvalue weighted by molar-refractivity contribution is 5.50. The summed E-state index contributed by atoms with van der Waals surface area (Å²) in [6.07, 6.45) is 4.42. The molecule has 2 unspecified atom stereocenters. The Labute approximate surface area is 184 Å². The largest absolute Gasteiger partial charge is 0.402 e. The van der Waals surface area contributed by atoms with Gasteiger partial charge in [-0.3, -0.25) is 0 Å². The van der Waals surface area contributed by atoms with Crippen molar-refractivity contribution < 1.29 is 4.42 Å². The number of fused-ring (bicyclic) bond motifs is 1. The summed E-state index contributed by atoms with van der Waals surface area (Å²) < 4.78 is 5.94. The predicted octanol–water partition coefficient (Wildman–Crippen LogP) is 2.46. The van der Waals surface area contributed by atoms with Crippen molar-refractivity contribution in [2.45, 2.75) is 19.3 Å². The van der Waals surface area contributed by atoms with Crippen LogP contribution in [0.25, 0.3) is 11.6 Å². The minimum atomic E-state index is 0.401. The lowest BCUT2D eigenvalue weighted by molar-refractivity contribution is 0.542. The molecule has 0 amide bonds. The average molecular weight is 429 g/mol. The van der Waals surface area contributed by atoms with E-state index in [0.29, 0.717) is 41.3 Å². The van der Waals surface area contributed by atoms with Gasteiger partial charge in [0.05, 0.1) is 11.9 Å². The topological polar surface area (TPSA) is 122 Å². The molecule has 0 bridgehead atoms. The van der Waals surface area contributed by atoms with Crippen LogP contribution in [0.15, 0.2) is 47.1 Å². The molecule has 0 spiro atoms. The fraction of sp³-hybridized carbons (Fsp3) is 0.364. The summed E-state index contributed by atoms with van der Waals surface area (Å²) in [6.45, 7) is 4.61. The van der Waals surface area contributed by atoms with Crippen LogP contribution in [0.1, 0.15) is 22.7 Å². The molecule has 1 aromatic carbocycles. The van der Waals surface area contributed by atoms with Crippen molar-refractivity contribution in [2.24, 2.45) is 11.8 Å². The lowest BCUT2D eigenvalue weighted by Gasteiger charge is -2.15. The Kier molecular flexibility index (Phi) is 4.55. The summed E-state index contributed by atoms with van der Waals surface area (Å²) in [5.41, 5.74) is 4.20. The lowest BCUT2D eigenvalue weighted by Crippen LogP contribution is -2.23. The summed E-state index contributed by atoms with van der Waals surface area (Å²) >= 11 is 0. The van der Waals surface area contributed by atoms with Crippen molar-refractivity contribution in [3.8, 4) is 11.6 Å². The van der Waals surface area contributed by atoms with Crippen LogP contribution in [0.2, 0.25) is 0 Å². The van der Waals surface area contributed by atoms with Gasteiger partial charge in [-0.15, -0.1) is 5.10 Å². The van der Waals surface area contributed by atoms with Gasteiger partial charge in [-0.2, -0.15) is 15.4 Å². The number of hydrogen-bond acceptors (Lipinski definition) is 9. The van der Waals surface area contributed by atoms with Gasteiger partial charge in [-0.05, 0) is 36.8 Å². The monoisotopic (exact) mass is 429 g/mol. The van der Waals surface area contributed by atoms with Gasteiger partial charge in [0.1, 0.15) is 5.69 Å². The van der Waals surface area contributed by atoms with E-state index >= 15 is 0 Å². The third-order valence-electron chi connectivity index (χ3n) is 6.35. The Morgan fingerprint density at radius 2 is 1.97 bits per heavy atom. The minimum absolute atomic E-state index is 0.401. The molecular weight excluding hydrogens is 406 g/mol. The number of hydrogen-bond donors (Lipinski definition) is 2. The van der Waals surface area contributed by atoms with E-state index in [9.17, 15) is 0 Å². The van der Waals surface area contributed by atoms with Crippen LogP contribution in [0.3, 0.4) is 0 Å². The number of anilines is 2. The van der Waals surface area contributed by atoms with Crippen molar-refractivity contribution in [2.75, 3.05) is 29.9 Å². The fourth-order valence-corrected chi connectivity index (χ4v) is 4.58. The minimum Gasteiger partial charge on any atom is -0.402 e. The van der Waals surface area contributed by atoms with Gasteiger partial charge in [0.2, 0.25) is 5.95 Å². The second-order valence-corrected chi connectivity index (χ2v) is 8.47. The summed E-state index contributed by atoms with van der Waals surface area (Å²) in [6, 6.07) is 10.9. The number of rotatable bonds is 7. The van der Waals surface area contributed by atoms with Gasteiger partial charge in [0.15, 0.2) is 0 Å². The molecule has 4 aromatic rings. The molecule has 4 heterocycles. The molecule has 3 aromatic heterocycles. The highest BCUT2D eigenvalue weighted by Gasteiger charge is 2.58. The third-order valence-corrected chi connectivity index (χ3v) is 6.35. The van der Waals surface area contributed by atoms with Gasteiger partial charge < -0.3 is 14.6 Å². The number of nitrogens with one attached hydrogen (secondary N) is 2. The van der Waals surface area contributed by atoms with Gasteiger partial charge in [-0.1, -0.05) is 34.9 Å². The van der Waals surface area contributed by atoms with E-state index < -0.39 is 0 Å². The molecule has 1 saturated carbocycles. The van der Waals surface area contributed by atoms with E-state index in [-0.39, 0.29) is 0 Å². The normalized spacial score (nSPS) is 21.5. The Balaban J connectivity index is 1.07. The first-order valence-electron chi connectivity index (χ1n) is 10.8. The number of aromatic amines is 1. The standard InChI is InChI=1S/C22H23N9O/c1-13-2-4-14(5-3-13)6-8-23-21-24-9-7-17(26-21)20-28-29-22(32-20)31-11-15-16(12-31)19(15)18-10-25-30-27-18/h2-5,7,9-10,15-16,19H,6,8,11-12H2,1H3,(H,23,24,26)(H,25,27,30). The van der Waals surface area contributed by atoms with E-state index in [1.165, 1.54) is 11.1 Å². The van der Waals surface area contributed by atoms with Crippen molar-refractivity contribution in [3.63, 3.8) is 0 Å². The molecule has 2 atom stereocenters. The maximum Gasteiger partial charge on any atom is 0.318 e. The summed E-state index contributed by atoms with van der Waals surface area (Å²) in [4.78, 5) is 11.0. The fourth-order valence-electron chi connectivity index (χ4n) is 4.58. The molecule has 10 nitrogen and oxygen atoms in total. The van der Waals surface area contributed by atoms with Crippen LogP contribution in [-0.2, 0) is 6.42 Å². The average Bonchev–Trinajstić information content (AvgIpc) is 3.35. The molecule has 2 fully saturated rings. The van der Waals surface area contributed by atoms with E-state index in [1.807, 2.05) is 6.20 Å². The summed E-state index contributed by atoms with van der Waals surface area (Å²) in [7, 11) is 0. The van der Waals surface area contributed by atoms with Crippen molar-refractivity contribution >= 4 is 12.0 Å².